The number of carbonyl (C=O) groups is 3. The molecule has 27 heavy (non-hydrogen) atoms. The Balaban J connectivity index is 1.79. The van der Waals surface area contributed by atoms with Gasteiger partial charge < -0.3 is 20.3 Å². The van der Waals surface area contributed by atoms with Gasteiger partial charge in [-0.1, -0.05) is 25.5 Å². The van der Waals surface area contributed by atoms with Crippen LogP contribution >= 0.6 is 0 Å². The summed E-state index contributed by atoms with van der Waals surface area (Å²) in [5, 5.41) is 5.91. The lowest BCUT2D eigenvalue weighted by atomic mass is 9.97. The molecule has 0 aromatic heterocycles. The van der Waals surface area contributed by atoms with Gasteiger partial charge in [-0.05, 0) is 44.6 Å². The molecular weight excluding hydrogens is 346 g/mol. The number of carbonyl (C=O) groups excluding carboxylic acids is 3. The van der Waals surface area contributed by atoms with Gasteiger partial charge in [-0.3, -0.25) is 14.4 Å². The van der Waals surface area contributed by atoms with Gasteiger partial charge in [0.2, 0.25) is 11.8 Å². The molecule has 2 amide bonds. The van der Waals surface area contributed by atoms with Gasteiger partial charge in [-0.15, -0.1) is 0 Å². The van der Waals surface area contributed by atoms with Crippen LogP contribution in [-0.4, -0.2) is 61.5 Å². The molecule has 2 N–H and O–H groups in total. The first-order valence-corrected chi connectivity index (χ1v) is 10.1. The average Bonchev–Trinajstić information content (AvgIpc) is 2.66. The van der Waals surface area contributed by atoms with Gasteiger partial charge in [0.05, 0.1) is 19.6 Å². The number of allylic oxidation sites excluding steroid dienone is 1. The molecule has 7 heteroatoms. The van der Waals surface area contributed by atoms with Crippen molar-refractivity contribution in [2.24, 2.45) is 5.92 Å². The highest BCUT2D eigenvalue weighted by Gasteiger charge is 2.34. The van der Waals surface area contributed by atoms with Crippen LogP contribution < -0.4 is 10.6 Å². The SMILES string of the molecule is CC(C)COC(=O)CC1C(=O)NCCN1C(=O)CNCCC1=CCCCC1. The van der Waals surface area contributed by atoms with E-state index in [2.05, 4.69) is 16.7 Å². The van der Waals surface area contributed by atoms with Crippen LogP contribution in [0, 0.1) is 5.92 Å². The molecule has 7 nitrogen and oxygen atoms in total. The normalized spacial score (nSPS) is 20.3. The first kappa shape index (κ1) is 21.4. The van der Waals surface area contributed by atoms with Gasteiger partial charge in [-0.2, -0.15) is 0 Å². The quantitative estimate of drug-likeness (QED) is 0.359. The van der Waals surface area contributed by atoms with E-state index in [1.807, 2.05) is 13.8 Å². The molecule has 1 fully saturated rings. The fraction of sp³-hybridized carbons (Fsp3) is 0.750. The van der Waals surface area contributed by atoms with Crippen molar-refractivity contribution in [3.63, 3.8) is 0 Å². The summed E-state index contributed by atoms with van der Waals surface area (Å²) < 4.78 is 5.17. The Morgan fingerprint density at radius 2 is 2.19 bits per heavy atom. The van der Waals surface area contributed by atoms with E-state index in [9.17, 15) is 14.4 Å². The maximum atomic E-state index is 12.6. The van der Waals surface area contributed by atoms with E-state index in [4.69, 9.17) is 4.74 Å². The lowest BCUT2D eigenvalue weighted by Crippen LogP contribution is -2.59. The Bertz CT molecular complexity index is 559. The third kappa shape index (κ3) is 7.33. The van der Waals surface area contributed by atoms with Gasteiger partial charge in [-0.25, -0.2) is 0 Å². The second-order valence-corrected chi connectivity index (χ2v) is 7.71. The molecule has 0 aromatic rings. The van der Waals surface area contributed by atoms with E-state index >= 15 is 0 Å². The zero-order valence-corrected chi connectivity index (χ0v) is 16.6. The predicted molar refractivity (Wildman–Crippen MR) is 103 cm³/mol. The minimum absolute atomic E-state index is 0.100. The number of nitrogens with one attached hydrogen (secondary N) is 2. The zero-order valence-electron chi connectivity index (χ0n) is 16.6. The fourth-order valence-corrected chi connectivity index (χ4v) is 3.37. The summed E-state index contributed by atoms with van der Waals surface area (Å²) in [6.07, 6.45) is 8.00. The van der Waals surface area contributed by atoms with Crippen LogP contribution in [0.15, 0.2) is 11.6 Å². The standard InChI is InChI=1S/C20H33N3O4/c1-15(2)14-27-19(25)12-17-20(26)22-10-11-23(17)18(24)13-21-9-8-16-6-4-3-5-7-16/h6,15,17,21H,3-5,7-14H2,1-2H3,(H,22,26). The summed E-state index contributed by atoms with van der Waals surface area (Å²) in [7, 11) is 0. The van der Waals surface area contributed by atoms with Gasteiger partial charge in [0, 0.05) is 13.1 Å². The van der Waals surface area contributed by atoms with Crippen molar-refractivity contribution in [2.45, 2.75) is 58.4 Å². The summed E-state index contributed by atoms with van der Waals surface area (Å²) in [4.78, 5) is 38.3. The average molecular weight is 380 g/mol. The maximum absolute atomic E-state index is 12.6. The summed E-state index contributed by atoms with van der Waals surface area (Å²) in [6, 6.07) is -0.784. The molecule has 1 atom stereocenters. The summed E-state index contributed by atoms with van der Waals surface area (Å²) in [5.74, 6) is -0.649. The van der Waals surface area contributed by atoms with Crippen LogP contribution in [0.2, 0.25) is 0 Å². The van der Waals surface area contributed by atoms with E-state index < -0.39 is 12.0 Å². The van der Waals surface area contributed by atoms with E-state index in [-0.39, 0.29) is 30.7 Å². The number of amides is 2. The molecule has 0 saturated carbocycles. The Morgan fingerprint density at radius 3 is 2.89 bits per heavy atom. The molecule has 152 valence electrons. The topological polar surface area (TPSA) is 87.7 Å². The molecule has 0 aromatic carbocycles. The third-order valence-electron chi connectivity index (χ3n) is 4.87. The first-order chi connectivity index (χ1) is 13.0. The molecule has 1 aliphatic heterocycles. The molecular formula is C20H33N3O4. The Hall–Kier alpha value is -1.89. The highest BCUT2D eigenvalue weighted by molar-refractivity contribution is 5.92. The second-order valence-electron chi connectivity index (χ2n) is 7.71. The highest BCUT2D eigenvalue weighted by atomic mass is 16.5. The number of hydrogen-bond acceptors (Lipinski definition) is 5. The van der Waals surface area contributed by atoms with Crippen molar-refractivity contribution in [1.82, 2.24) is 15.5 Å². The predicted octanol–water partition coefficient (Wildman–Crippen LogP) is 1.38. The van der Waals surface area contributed by atoms with Gasteiger partial charge in [0.1, 0.15) is 6.04 Å². The number of rotatable bonds is 9. The zero-order chi connectivity index (χ0) is 19.6. The van der Waals surface area contributed by atoms with Crippen molar-refractivity contribution < 1.29 is 19.1 Å². The molecule has 0 bridgehead atoms. The van der Waals surface area contributed by atoms with Crippen molar-refractivity contribution in [1.29, 1.82) is 0 Å². The number of nitrogens with zero attached hydrogens (tertiary/aromatic N) is 1. The first-order valence-electron chi connectivity index (χ1n) is 10.1. The molecule has 2 aliphatic rings. The van der Waals surface area contributed by atoms with Crippen LogP contribution in [0.1, 0.15) is 52.4 Å². The van der Waals surface area contributed by atoms with Gasteiger partial charge in [0.15, 0.2) is 0 Å². The molecule has 0 spiro atoms. The Kier molecular flexibility index (Phi) is 8.78. The number of esters is 1. The maximum Gasteiger partial charge on any atom is 0.308 e. The van der Waals surface area contributed by atoms with Gasteiger partial charge >= 0.3 is 5.97 Å². The number of piperazine rings is 1. The van der Waals surface area contributed by atoms with Crippen molar-refractivity contribution >= 4 is 17.8 Å². The molecule has 1 aliphatic carbocycles. The molecule has 2 rings (SSSR count). The smallest absolute Gasteiger partial charge is 0.308 e. The Morgan fingerprint density at radius 1 is 1.37 bits per heavy atom. The third-order valence-corrected chi connectivity index (χ3v) is 4.87. The van der Waals surface area contributed by atoms with E-state index in [0.717, 1.165) is 25.8 Å². The number of hydrogen-bond donors (Lipinski definition) is 2. The van der Waals surface area contributed by atoms with Crippen LogP contribution in [0.3, 0.4) is 0 Å². The second kappa shape index (κ2) is 11.1. The lowest BCUT2D eigenvalue weighted by molar-refractivity contribution is -0.152. The summed E-state index contributed by atoms with van der Waals surface area (Å²) >= 11 is 0. The van der Waals surface area contributed by atoms with Crippen LogP contribution in [-0.2, 0) is 19.1 Å². The van der Waals surface area contributed by atoms with Crippen molar-refractivity contribution in [2.75, 3.05) is 32.8 Å². The summed E-state index contributed by atoms with van der Waals surface area (Å²) in [5.41, 5.74) is 1.46. The van der Waals surface area contributed by atoms with E-state index in [1.165, 1.54) is 23.3 Å². The highest BCUT2D eigenvalue weighted by Crippen LogP contribution is 2.19. The van der Waals surface area contributed by atoms with Crippen LogP contribution in [0.4, 0.5) is 0 Å². The molecule has 1 saturated heterocycles. The monoisotopic (exact) mass is 379 g/mol. The van der Waals surface area contributed by atoms with Gasteiger partial charge in [0.25, 0.3) is 0 Å². The van der Waals surface area contributed by atoms with E-state index in [1.54, 1.807) is 0 Å². The Labute approximate surface area is 161 Å². The van der Waals surface area contributed by atoms with Crippen molar-refractivity contribution in [3.8, 4) is 0 Å². The largest absolute Gasteiger partial charge is 0.465 e. The van der Waals surface area contributed by atoms with Crippen molar-refractivity contribution in [3.05, 3.63) is 11.6 Å². The molecule has 1 unspecified atom stereocenters. The van der Waals surface area contributed by atoms with E-state index in [0.29, 0.717) is 19.7 Å². The summed E-state index contributed by atoms with van der Waals surface area (Å²) in [6.45, 7) is 5.97. The molecule has 0 radical (unpaired) electrons. The van der Waals surface area contributed by atoms with Crippen LogP contribution in [0.25, 0.3) is 0 Å². The molecule has 1 heterocycles. The lowest BCUT2D eigenvalue weighted by Gasteiger charge is -2.34. The fourth-order valence-electron chi connectivity index (χ4n) is 3.37. The van der Waals surface area contributed by atoms with Crippen LogP contribution in [0.5, 0.6) is 0 Å². The minimum Gasteiger partial charge on any atom is -0.465 e. The minimum atomic E-state index is -0.784. The number of ether oxygens (including phenoxy) is 1.